The number of hydrogen-bond donors (Lipinski definition) is 1. The van der Waals surface area contributed by atoms with Gasteiger partial charge in [-0.1, -0.05) is 11.6 Å². The molecule has 0 unspecified atom stereocenters. The minimum absolute atomic E-state index is 0.166. The predicted octanol–water partition coefficient (Wildman–Crippen LogP) is 3.63. The largest absolute Gasteiger partial charge is 0.451 e. The molecule has 3 aromatic rings. The summed E-state index contributed by atoms with van der Waals surface area (Å²) in [7, 11) is 0. The fraction of sp³-hybridized carbons (Fsp3) is 0.200. The van der Waals surface area contributed by atoms with Crippen LogP contribution in [-0.2, 0) is 4.74 Å². The van der Waals surface area contributed by atoms with Crippen molar-refractivity contribution in [3.05, 3.63) is 67.8 Å². The lowest BCUT2D eigenvalue weighted by Gasteiger charge is -2.05. The van der Waals surface area contributed by atoms with Gasteiger partial charge in [0.25, 0.3) is 0 Å². The van der Waals surface area contributed by atoms with E-state index in [1.165, 1.54) is 25.1 Å². The Hall–Kier alpha value is -3.19. The van der Waals surface area contributed by atoms with Crippen molar-refractivity contribution in [3.63, 3.8) is 0 Å². The Bertz CT molecular complexity index is 1190. The lowest BCUT2D eigenvalue weighted by Crippen LogP contribution is -2.17. The van der Waals surface area contributed by atoms with E-state index in [1.807, 2.05) is 0 Å². The Balaban J connectivity index is 1.79. The van der Waals surface area contributed by atoms with E-state index in [1.54, 1.807) is 13.8 Å². The standard InChI is InChI=1S/C20H16ClNO6/c1-9-18(11(3)23)10(2)22-19(9)15(25)8-27-20(26)17-7-14(24)13-6-12(21)4-5-16(13)28-17/h4-7,22H,8H2,1-3H3. The van der Waals surface area contributed by atoms with E-state index < -0.39 is 23.8 Å². The normalized spacial score (nSPS) is 10.9. The number of aromatic amines is 1. The molecule has 0 aliphatic heterocycles. The van der Waals surface area contributed by atoms with Gasteiger partial charge in [0.2, 0.25) is 11.5 Å². The number of H-pyrrole nitrogens is 1. The zero-order valence-corrected chi connectivity index (χ0v) is 16.1. The third kappa shape index (κ3) is 3.61. The minimum Gasteiger partial charge on any atom is -0.451 e. The molecule has 0 bridgehead atoms. The zero-order valence-electron chi connectivity index (χ0n) is 15.3. The van der Waals surface area contributed by atoms with Crippen LogP contribution in [0.15, 0.2) is 33.5 Å². The van der Waals surface area contributed by atoms with E-state index in [4.69, 9.17) is 20.8 Å². The number of carbonyl (C=O) groups excluding carboxylic acids is 3. The van der Waals surface area contributed by atoms with E-state index >= 15 is 0 Å². The minimum atomic E-state index is -0.949. The molecule has 0 saturated carbocycles. The maximum absolute atomic E-state index is 12.4. The van der Waals surface area contributed by atoms with Gasteiger partial charge in [-0.3, -0.25) is 14.4 Å². The highest BCUT2D eigenvalue weighted by Gasteiger charge is 2.22. The summed E-state index contributed by atoms with van der Waals surface area (Å²) in [4.78, 5) is 51.2. The van der Waals surface area contributed by atoms with Gasteiger partial charge >= 0.3 is 5.97 Å². The molecule has 7 nitrogen and oxygen atoms in total. The van der Waals surface area contributed by atoms with Crippen LogP contribution < -0.4 is 5.43 Å². The Kier molecular flexibility index (Phi) is 5.20. The first-order valence-electron chi connectivity index (χ1n) is 8.33. The van der Waals surface area contributed by atoms with E-state index in [0.29, 0.717) is 21.8 Å². The average Bonchev–Trinajstić information content (AvgIpc) is 2.94. The summed E-state index contributed by atoms with van der Waals surface area (Å²) in [5.74, 6) is -1.94. The summed E-state index contributed by atoms with van der Waals surface area (Å²) in [5, 5.41) is 0.594. The molecular formula is C20H16ClNO6. The predicted molar refractivity (Wildman–Crippen MR) is 102 cm³/mol. The van der Waals surface area contributed by atoms with Gasteiger partial charge in [-0.25, -0.2) is 4.79 Å². The van der Waals surface area contributed by atoms with Crippen LogP contribution in [0.2, 0.25) is 5.02 Å². The third-order valence-corrected chi connectivity index (χ3v) is 4.53. The van der Waals surface area contributed by atoms with Crippen molar-refractivity contribution in [2.24, 2.45) is 0 Å². The SMILES string of the molecule is CC(=O)c1c(C)[nH]c(C(=O)COC(=O)c2cc(=O)c3cc(Cl)ccc3o2)c1C. The molecule has 144 valence electrons. The molecule has 2 heterocycles. The molecule has 0 fully saturated rings. The molecule has 1 aromatic carbocycles. The molecule has 0 spiro atoms. The second kappa shape index (κ2) is 7.44. The number of Topliss-reactive ketones (excluding diaryl/α,β-unsaturated/α-hetero) is 2. The smallest absolute Gasteiger partial charge is 0.374 e. The highest BCUT2D eigenvalue weighted by molar-refractivity contribution is 6.31. The van der Waals surface area contributed by atoms with Gasteiger partial charge in [0, 0.05) is 22.3 Å². The first-order valence-corrected chi connectivity index (χ1v) is 8.70. The Morgan fingerprint density at radius 2 is 1.89 bits per heavy atom. The van der Waals surface area contributed by atoms with Crippen molar-refractivity contribution in [1.82, 2.24) is 4.98 Å². The summed E-state index contributed by atoms with van der Waals surface area (Å²) in [6.07, 6.45) is 0. The van der Waals surface area contributed by atoms with Crippen LogP contribution in [0.25, 0.3) is 11.0 Å². The van der Waals surface area contributed by atoms with Crippen molar-refractivity contribution >= 4 is 40.1 Å². The highest BCUT2D eigenvalue weighted by atomic mass is 35.5. The van der Waals surface area contributed by atoms with Crippen LogP contribution in [0.5, 0.6) is 0 Å². The number of hydrogen-bond acceptors (Lipinski definition) is 6. The number of halogens is 1. The molecule has 8 heteroatoms. The van der Waals surface area contributed by atoms with Crippen molar-refractivity contribution in [2.45, 2.75) is 20.8 Å². The first-order chi connectivity index (χ1) is 13.2. The summed E-state index contributed by atoms with van der Waals surface area (Å²) in [6.45, 7) is 4.16. The number of esters is 1. The summed E-state index contributed by atoms with van der Waals surface area (Å²) in [6, 6.07) is 5.41. The number of fused-ring (bicyclic) bond motifs is 1. The molecule has 0 amide bonds. The lowest BCUT2D eigenvalue weighted by molar-refractivity contribution is 0.0443. The molecule has 0 aliphatic carbocycles. The second-order valence-electron chi connectivity index (χ2n) is 6.30. The van der Waals surface area contributed by atoms with Crippen LogP contribution in [-0.4, -0.2) is 29.1 Å². The van der Waals surface area contributed by atoms with Crippen molar-refractivity contribution in [1.29, 1.82) is 0 Å². The Morgan fingerprint density at radius 1 is 1.18 bits per heavy atom. The van der Waals surface area contributed by atoms with Gasteiger partial charge in [-0.2, -0.15) is 0 Å². The van der Waals surface area contributed by atoms with Gasteiger partial charge in [0.15, 0.2) is 17.8 Å². The molecule has 0 radical (unpaired) electrons. The first kappa shape index (κ1) is 19.6. The third-order valence-electron chi connectivity index (χ3n) is 4.29. The topological polar surface area (TPSA) is 106 Å². The van der Waals surface area contributed by atoms with Crippen molar-refractivity contribution in [2.75, 3.05) is 6.61 Å². The summed E-state index contributed by atoms with van der Waals surface area (Å²) in [5.41, 5.74) is 1.43. The fourth-order valence-corrected chi connectivity index (χ4v) is 3.23. The van der Waals surface area contributed by atoms with Crippen LogP contribution >= 0.6 is 11.6 Å². The number of benzene rings is 1. The lowest BCUT2D eigenvalue weighted by atomic mass is 10.1. The van der Waals surface area contributed by atoms with E-state index in [0.717, 1.165) is 6.07 Å². The van der Waals surface area contributed by atoms with Crippen LogP contribution in [0, 0.1) is 13.8 Å². The van der Waals surface area contributed by atoms with Crippen molar-refractivity contribution in [3.8, 4) is 0 Å². The van der Waals surface area contributed by atoms with E-state index in [9.17, 15) is 19.2 Å². The van der Waals surface area contributed by atoms with Gasteiger partial charge in [-0.05, 0) is 44.5 Å². The average molecular weight is 402 g/mol. The number of aryl methyl sites for hydroxylation is 1. The van der Waals surface area contributed by atoms with Crippen LogP contribution in [0.1, 0.15) is 49.6 Å². The van der Waals surface area contributed by atoms with Gasteiger partial charge in [-0.15, -0.1) is 0 Å². The number of nitrogens with one attached hydrogen (secondary N) is 1. The van der Waals surface area contributed by atoms with Gasteiger partial charge in [0.05, 0.1) is 11.1 Å². The molecule has 2 aromatic heterocycles. The molecule has 1 N–H and O–H groups in total. The molecular weight excluding hydrogens is 386 g/mol. The monoisotopic (exact) mass is 401 g/mol. The number of carbonyl (C=O) groups is 3. The maximum Gasteiger partial charge on any atom is 0.374 e. The molecule has 0 saturated heterocycles. The number of ether oxygens (including phenoxy) is 1. The number of ketones is 2. The fourth-order valence-electron chi connectivity index (χ4n) is 3.06. The Morgan fingerprint density at radius 3 is 2.54 bits per heavy atom. The zero-order chi connectivity index (χ0) is 20.6. The van der Waals surface area contributed by atoms with Crippen LogP contribution in [0.4, 0.5) is 0 Å². The van der Waals surface area contributed by atoms with Gasteiger partial charge < -0.3 is 14.1 Å². The highest BCUT2D eigenvalue weighted by Crippen LogP contribution is 2.20. The van der Waals surface area contributed by atoms with E-state index in [2.05, 4.69) is 4.98 Å². The van der Waals surface area contributed by atoms with E-state index in [-0.39, 0.29) is 28.2 Å². The maximum atomic E-state index is 12.4. The number of rotatable bonds is 5. The molecule has 0 aliphatic rings. The quantitative estimate of drug-likeness (QED) is 0.516. The molecule has 0 atom stereocenters. The summed E-state index contributed by atoms with van der Waals surface area (Å²) >= 11 is 5.85. The van der Waals surface area contributed by atoms with Crippen molar-refractivity contribution < 1.29 is 23.5 Å². The Labute approximate surface area is 164 Å². The second-order valence-corrected chi connectivity index (χ2v) is 6.73. The van der Waals surface area contributed by atoms with Crippen LogP contribution in [0.3, 0.4) is 0 Å². The molecule has 3 rings (SSSR count). The van der Waals surface area contributed by atoms with Gasteiger partial charge in [0.1, 0.15) is 5.58 Å². The molecule has 28 heavy (non-hydrogen) atoms. The number of aromatic nitrogens is 1. The summed E-state index contributed by atoms with van der Waals surface area (Å²) < 4.78 is 10.4.